The molecule has 1 aliphatic heterocycles. The number of ether oxygens (including phenoxy) is 3. The summed E-state index contributed by atoms with van der Waals surface area (Å²) in [7, 11) is 3.01. The minimum Gasteiger partial charge on any atom is -0.493 e. The van der Waals surface area contributed by atoms with E-state index in [2.05, 4.69) is 0 Å². The Labute approximate surface area is 168 Å². The van der Waals surface area contributed by atoms with E-state index >= 15 is 0 Å². The van der Waals surface area contributed by atoms with E-state index < -0.39 is 0 Å². The molecule has 6 nitrogen and oxygen atoms in total. The molecule has 1 fully saturated rings. The quantitative estimate of drug-likeness (QED) is 0.561. The van der Waals surface area contributed by atoms with E-state index in [1.165, 1.54) is 14.2 Å². The molecule has 148 valence electrons. The summed E-state index contributed by atoms with van der Waals surface area (Å²) in [4.78, 5) is 27.0. The summed E-state index contributed by atoms with van der Waals surface area (Å²) in [6.07, 6.45) is 1.07. The molecule has 7 heteroatoms. The molecular formula is C21H22ClNO5. The maximum atomic E-state index is 12.6. The van der Waals surface area contributed by atoms with E-state index in [4.69, 9.17) is 25.8 Å². The van der Waals surface area contributed by atoms with E-state index in [9.17, 15) is 9.59 Å². The second-order valence-electron chi connectivity index (χ2n) is 6.49. The van der Waals surface area contributed by atoms with Crippen molar-refractivity contribution in [2.75, 3.05) is 27.3 Å². The number of benzene rings is 2. The van der Waals surface area contributed by atoms with Crippen molar-refractivity contribution in [1.82, 2.24) is 4.90 Å². The van der Waals surface area contributed by atoms with Crippen LogP contribution < -0.4 is 14.2 Å². The van der Waals surface area contributed by atoms with Gasteiger partial charge < -0.3 is 19.1 Å². The molecule has 0 aliphatic carbocycles. The molecule has 1 aliphatic rings. The number of methoxy groups -OCH3 is 2. The number of amides is 1. The lowest BCUT2D eigenvalue weighted by molar-refractivity contribution is -0.140. The van der Waals surface area contributed by atoms with Crippen molar-refractivity contribution in [3.63, 3.8) is 0 Å². The highest BCUT2D eigenvalue weighted by molar-refractivity contribution is 6.30. The first-order valence-corrected chi connectivity index (χ1v) is 9.38. The van der Waals surface area contributed by atoms with Gasteiger partial charge in [0.2, 0.25) is 5.75 Å². The van der Waals surface area contributed by atoms with Gasteiger partial charge in [-0.2, -0.15) is 0 Å². The van der Waals surface area contributed by atoms with Gasteiger partial charge in [0.05, 0.1) is 20.1 Å². The molecule has 2 aromatic carbocycles. The van der Waals surface area contributed by atoms with Gasteiger partial charge in [0.15, 0.2) is 11.5 Å². The van der Waals surface area contributed by atoms with Crippen LogP contribution in [0.5, 0.6) is 17.2 Å². The van der Waals surface area contributed by atoms with Crippen LogP contribution in [0.15, 0.2) is 42.5 Å². The van der Waals surface area contributed by atoms with Crippen LogP contribution in [-0.4, -0.2) is 44.1 Å². The largest absolute Gasteiger partial charge is 0.493 e. The molecule has 0 radical (unpaired) electrons. The van der Waals surface area contributed by atoms with Gasteiger partial charge in [0.25, 0.3) is 5.91 Å². The Bertz CT molecular complexity index is 822. The van der Waals surface area contributed by atoms with Crippen molar-refractivity contribution in [2.45, 2.75) is 12.8 Å². The Kier molecular flexibility index (Phi) is 6.41. The van der Waals surface area contributed by atoms with Gasteiger partial charge in [0.1, 0.15) is 0 Å². The number of carbonyl (C=O) groups is 2. The molecule has 3 rings (SSSR count). The third kappa shape index (κ3) is 4.39. The van der Waals surface area contributed by atoms with Crippen molar-refractivity contribution in [3.05, 3.63) is 53.1 Å². The van der Waals surface area contributed by atoms with Crippen LogP contribution in [0.3, 0.4) is 0 Å². The van der Waals surface area contributed by atoms with Gasteiger partial charge >= 0.3 is 5.97 Å². The first-order valence-electron chi connectivity index (χ1n) is 9.01. The lowest BCUT2D eigenvalue weighted by Gasteiger charge is -2.31. The fourth-order valence-electron chi connectivity index (χ4n) is 3.20. The number of piperidine rings is 1. The number of hydrogen-bond donors (Lipinski definition) is 0. The molecule has 28 heavy (non-hydrogen) atoms. The van der Waals surface area contributed by atoms with E-state index in [-0.39, 0.29) is 23.5 Å². The average molecular weight is 404 g/mol. The van der Waals surface area contributed by atoms with Crippen molar-refractivity contribution in [3.8, 4) is 17.2 Å². The van der Waals surface area contributed by atoms with Crippen molar-refractivity contribution in [1.29, 1.82) is 0 Å². The number of nitrogens with zero attached hydrogens (tertiary/aromatic N) is 1. The molecule has 0 saturated carbocycles. The van der Waals surface area contributed by atoms with Crippen LogP contribution in [0.1, 0.15) is 23.2 Å². The SMILES string of the molecule is COc1cccc(OC)c1OC(=O)C1CCN(C(=O)c2ccc(Cl)cc2)CC1. The Hall–Kier alpha value is -2.73. The van der Waals surface area contributed by atoms with Crippen LogP contribution in [0.2, 0.25) is 5.02 Å². The number of hydrogen-bond acceptors (Lipinski definition) is 5. The monoisotopic (exact) mass is 403 g/mol. The number of halogens is 1. The van der Waals surface area contributed by atoms with Crippen LogP contribution in [0.4, 0.5) is 0 Å². The molecular weight excluding hydrogens is 382 g/mol. The summed E-state index contributed by atoms with van der Waals surface area (Å²) >= 11 is 5.87. The standard InChI is InChI=1S/C21H22ClNO5/c1-26-17-4-3-5-18(27-2)19(17)28-21(25)15-10-12-23(13-11-15)20(24)14-6-8-16(22)9-7-14/h3-9,15H,10-13H2,1-2H3. The minimum atomic E-state index is -0.346. The third-order valence-electron chi connectivity index (χ3n) is 4.79. The molecule has 0 spiro atoms. The summed E-state index contributed by atoms with van der Waals surface area (Å²) < 4.78 is 16.1. The van der Waals surface area contributed by atoms with Gasteiger partial charge in [-0.25, -0.2) is 0 Å². The van der Waals surface area contributed by atoms with E-state index in [0.717, 1.165) is 0 Å². The molecule has 1 saturated heterocycles. The smallest absolute Gasteiger partial charge is 0.314 e. The lowest BCUT2D eigenvalue weighted by Crippen LogP contribution is -2.41. The summed E-state index contributed by atoms with van der Waals surface area (Å²) in [5.41, 5.74) is 0.587. The Morgan fingerprint density at radius 3 is 2.07 bits per heavy atom. The van der Waals surface area contributed by atoms with E-state index in [1.807, 2.05) is 0 Å². The van der Waals surface area contributed by atoms with Crippen LogP contribution in [0, 0.1) is 5.92 Å². The minimum absolute atomic E-state index is 0.0603. The summed E-state index contributed by atoms with van der Waals surface area (Å²) in [6.45, 7) is 0.981. The molecule has 0 aromatic heterocycles. The Morgan fingerprint density at radius 1 is 0.964 bits per heavy atom. The highest BCUT2D eigenvalue weighted by Crippen LogP contribution is 2.37. The average Bonchev–Trinajstić information content (AvgIpc) is 2.74. The van der Waals surface area contributed by atoms with E-state index in [0.29, 0.717) is 48.0 Å². The predicted molar refractivity (Wildman–Crippen MR) is 105 cm³/mol. The maximum absolute atomic E-state index is 12.6. The van der Waals surface area contributed by atoms with Gasteiger partial charge in [-0.1, -0.05) is 17.7 Å². The fraction of sp³-hybridized carbons (Fsp3) is 0.333. The number of para-hydroxylation sites is 1. The molecule has 0 bridgehead atoms. The van der Waals surface area contributed by atoms with Crippen molar-refractivity contribution >= 4 is 23.5 Å². The van der Waals surface area contributed by atoms with Gasteiger partial charge in [-0.05, 0) is 49.2 Å². The molecule has 0 N–H and O–H groups in total. The first kappa shape index (κ1) is 20.0. The van der Waals surface area contributed by atoms with Crippen molar-refractivity contribution in [2.24, 2.45) is 5.92 Å². The zero-order valence-electron chi connectivity index (χ0n) is 15.8. The van der Waals surface area contributed by atoms with Crippen LogP contribution >= 0.6 is 11.6 Å². The molecule has 1 amide bonds. The first-order chi connectivity index (χ1) is 13.5. The van der Waals surface area contributed by atoms with E-state index in [1.54, 1.807) is 47.4 Å². The fourth-order valence-corrected chi connectivity index (χ4v) is 3.32. The number of carbonyl (C=O) groups excluding carboxylic acids is 2. The third-order valence-corrected chi connectivity index (χ3v) is 5.04. The zero-order chi connectivity index (χ0) is 20.1. The maximum Gasteiger partial charge on any atom is 0.314 e. The summed E-state index contributed by atoms with van der Waals surface area (Å²) in [6, 6.07) is 12.0. The highest BCUT2D eigenvalue weighted by atomic mass is 35.5. The zero-order valence-corrected chi connectivity index (χ0v) is 16.6. The number of esters is 1. The number of likely N-dealkylation sites (tertiary alicyclic amines) is 1. The van der Waals surface area contributed by atoms with Crippen LogP contribution in [0.25, 0.3) is 0 Å². The topological polar surface area (TPSA) is 65.1 Å². The second-order valence-corrected chi connectivity index (χ2v) is 6.92. The van der Waals surface area contributed by atoms with Gasteiger partial charge in [0, 0.05) is 23.7 Å². The van der Waals surface area contributed by atoms with Crippen LogP contribution in [-0.2, 0) is 4.79 Å². The van der Waals surface area contributed by atoms with Crippen molar-refractivity contribution < 1.29 is 23.8 Å². The summed E-state index contributed by atoms with van der Waals surface area (Å²) in [5, 5.41) is 0.588. The summed E-state index contributed by atoms with van der Waals surface area (Å²) in [5.74, 6) is 0.448. The second kappa shape index (κ2) is 8.97. The number of rotatable bonds is 5. The molecule has 1 heterocycles. The molecule has 2 aromatic rings. The van der Waals surface area contributed by atoms with Gasteiger partial charge in [-0.15, -0.1) is 0 Å². The lowest BCUT2D eigenvalue weighted by atomic mass is 9.96. The highest BCUT2D eigenvalue weighted by Gasteiger charge is 2.30. The predicted octanol–water partition coefficient (Wildman–Crippen LogP) is 3.82. The molecule has 0 unspecified atom stereocenters. The Morgan fingerprint density at radius 2 is 1.54 bits per heavy atom. The van der Waals surface area contributed by atoms with Gasteiger partial charge in [-0.3, -0.25) is 9.59 Å². The normalized spacial score (nSPS) is 14.5. The Balaban J connectivity index is 1.61. The molecule has 0 atom stereocenters.